The zero-order valence-electron chi connectivity index (χ0n) is 7.96. The molecular formula is C6H17NO6S. The molecule has 1 unspecified atom stereocenters. The SMILES string of the molecule is C=CCOC(O)CC.N.O=S(=O)(O)O. The summed E-state index contributed by atoms with van der Waals surface area (Å²) in [5.41, 5.74) is 0. The van der Waals surface area contributed by atoms with Crippen molar-refractivity contribution in [3.05, 3.63) is 12.7 Å². The second-order valence-corrected chi connectivity index (χ2v) is 2.83. The number of rotatable bonds is 4. The maximum atomic E-state index is 8.74. The predicted molar refractivity (Wildman–Crippen MR) is 51.6 cm³/mol. The van der Waals surface area contributed by atoms with Crippen LogP contribution in [0.15, 0.2) is 12.7 Å². The zero-order valence-corrected chi connectivity index (χ0v) is 8.77. The van der Waals surface area contributed by atoms with Gasteiger partial charge in [0, 0.05) is 0 Å². The Balaban J connectivity index is -0.000000177. The standard InChI is InChI=1S/C6H12O2.H3N.H2O4S/c1-3-5-8-6(7)4-2;;1-5(2,3)4/h3,6-7H,1,4-5H2,2H3;1H3;(H2,1,2,3,4). The summed E-state index contributed by atoms with van der Waals surface area (Å²) in [4.78, 5) is 0. The molecule has 0 saturated heterocycles. The molecule has 6 N–H and O–H groups in total. The quantitative estimate of drug-likeness (QED) is 0.312. The van der Waals surface area contributed by atoms with Gasteiger partial charge in [0.1, 0.15) is 0 Å². The van der Waals surface area contributed by atoms with Crippen molar-refractivity contribution in [3.63, 3.8) is 0 Å². The van der Waals surface area contributed by atoms with E-state index in [1.54, 1.807) is 6.08 Å². The Hall–Kier alpha value is -0.510. The van der Waals surface area contributed by atoms with Gasteiger partial charge in [-0.3, -0.25) is 9.11 Å². The summed E-state index contributed by atoms with van der Waals surface area (Å²) in [5, 5.41) is 8.72. The largest absolute Gasteiger partial charge is 0.394 e. The maximum Gasteiger partial charge on any atom is 0.394 e. The molecule has 0 spiro atoms. The molecule has 0 aliphatic rings. The molecule has 0 aliphatic carbocycles. The molecule has 0 fully saturated rings. The molecule has 0 aromatic rings. The minimum atomic E-state index is -4.67. The Morgan fingerprint density at radius 2 is 1.86 bits per heavy atom. The molecule has 7 nitrogen and oxygen atoms in total. The molecule has 0 bridgehead atoms. The van der Waals surface area contributed by atoms with Gasteiger partial charge in [-0.25, -0.2) is 0 Å². The number of aliphatic hydroxyl groups excluding tert-OH is 1. The van der Waals surface area contributed by atoms with Gasteiger partial charge in [0.15, 0.2) is 6.29 Å². The van der Waals surface area contributed by atoms with E-state index in [0.29, 0.717) is 13.0 Å². The molecule has 1 atom stereocenters. The summed E-state index contributed by atoms with van der Waals surface area (Å²) in [6.45, 7) is 5.71. The maximum absolute atomic E-state index is 8.74. The van der Waals surface area contributed by atoms with Crippen LogP contribution in [-0.4, -0.2) is 35.5 Å². The summed E-state index contributed by atoms with van der Waals surface area (Å²) in [5.74, 6) is 0. The van der Waals surface area contributed by atoms with Crippen molar-refractivity contribution in [2.24, 2.45) is 0 Å². The predicted octanol–water partition coefficient (Wildman–Crippen LogP) is 0.427. The first-order valence-corrected chi connectivity index (χ1v) is 4.81. The highest BCUT2D eigenvalue weighted by molar-refractivity contribution is 7.79. The van der Waals surface area contributed by atoms with Crippen molar-refractivity contribution in [2.45, 2.75) is 19.6 Å². The fourth-order valence-corrected chi connectivity index (χ4v) is 0.297. The lowest BCUT2D eigenvalue weighted by Gasteiger charge is -2.05. The van der Waals surface area contributed by atoms with Crippen molar-refractivity contribution in [2.75, 3.05) is 6.61 Å². The zero-order chi connectivity index (χ0) is 10.9. The summed E-state index contributed by atoms with van der Waals surface area (Å²) >= 11 is 0. The molecule has 0 aromatic heterocycles. The van der Waals surface area contributed by atoms with E-state index in [1.165, 1.54) is 0 Å². The molecule has 14 heavy (non-hydrogen) atoms. The third-order valence-electron chi connectivity index (χ3n) is 0.756. The molecule has 0 amide bonds. The van der Waals surface area contributed by atoms with Crippen molar-refractivity contribution < 1.29 is 27.4 Å². The molecule has 0 radical (unpaired) electrons. The van der Waals surface area contributed by atoms with Crippen LogP contribution < -0.4 is 6.15 Å². The molecule has 0 aliphatic heterocycles. The van der Waals surface area contributed by atoms with Crippen molar-refractivity contribution in [1.29, 1.82) is 0 Å². The number of hydrogen-bond acceptors (Lipinski definition) is 5. The van der Waals surface area contributed by atoms with Crippen LogP contribution in [0.5, 0.6) is 0 Å². The van der Waals surface area contributed by atoms with E-state index < -0.39 is 16.7 Å². The van der Waals surface area contributed by atoms with Crippen LogP contribution in [0.3, 0.4) is 0 Å². The fraction of sp³-hybridized carbons (Fsp3) is 0.667. The highest BCUT2D eigenvalue weighted by atomic mass is 32.3. The van der Waals surface area contributed by atoms with Gasteiger partial charge in [0.25, 0.3) is 0 Å². The molecule has 0 rings (SSSR count). The number of ether oxygens (including phenoxy) is 1. The third kappa shape index (κ3) is 41.9. The Bertz CT molecular complexity index is 206. The molecular weight excluding hydrogens is 214 g/mol. The minimum Gasteiger partial charge on any atom is -0.368 e. The van der Waals surface area contributed by atoms with Gasteiger partial charge in [-0.2, -0.15) is 8.42 Å². The Morgan fingerprint density at radius 3 is 2.07 bits per heavy atom. The molecule has 0 heterocycles. The first-order chi connectivity index (χ1) is 5.81. The van der Waals surface area contributed by atoms with Crippen LogP contribution in [0.2, 0.25) is 0 Å². The van der Waals surface area contributed by atoms with E-state index in [2.05, 4.69) is 6.58 Å². The Labute approximate surface area is 83.6 Å². The monoisotopic (exact) mass is 231 g/mol. The lowest BCUT2D eigenvalue weighted by Crippen LogP contribution is -2.09. The van der Waals surface area contributed by atoms with Gasteiger partial charge in [-0.15, -0.1) is 6.58 Å². The second-order valence-electron chi connectivity index (χ2n) is 1.93. The highest BCUT2D eigenvalue weighted by Gasteiger charge is 1.94. The van der Waals surface area contributed by atoms with Gasteiger partial charge in [-0.05, 0) is 6.42 Å². The van der Waals surface area contributed by atoms with Gasteiger partial charge in [0.05, 0.1) is 6.61 Å². The van der Waals surface area contributed by atoms with E-state index in [4.69, 9.17) is 27.4 Å². The smallest absolute Gasteiger partial charge is 0.368 e. The third-order valence-corrected chi connectivity index (χ3v) is 0.756. The van der Waals surface area contributed by atoms with Crippen LogP contribution in [0.4, 0.5) is 0 Å². The minimum absolute atomic E-state index is 0. The lowest BCUT2D eigenvalue weighted by molar-refractivity contribution is -0.0896. The van der Waals surface area contributed by atoms with Gasteiger partial charge in [0.2, 0.25) is 0 Å². The first kappa shape index (κ1) is 19.1. The van der Waals surface area contributed by atoms with Crippen molar-refractivity contribution >= 4 is 10.4 Å². The average Bonchev–Trinajstić information content (AvgIpc) is 1.97. The number of aliphatic hydroxyl groups is 1. The van der Waals surface area contributed by atoms with E-state index >= 15 is 0 Å². The van der Waals surface area contributed by atoms with Crippen LogP contribution in [0, 0.1) is 0 Å². The van der Waals surface area contributed by atoms with Crippen molar-refractivity contribution in [3.8, 4) is 0 Å². The second kappa shape index (κ2) is 10.6. The van der Waals surface area contributed by atoms with E-state index in [9.17, 15) is 0 Å². The summed E-state index contributed by atoms with van der Waals surface area (Å²) < 4.78 is 36.4. The lowest BCUT2D eigenvalue weighted by atomic mass is 10.5. The fourth-order valence-electron chi connectivity index (χ4n) is 0.297. The summed E-state index contributed by atoms with van der Waals surface area (Å²) in [6, 6.07) is 0. The molecule has 0 aromatic carbocycles. The molecule has 8 heteroatoms. The highest BCUT2D eigenvalue weighted by Crippen LogP contribution is 1.90. The van der Waals surface area contributed by atoms with Crippen LogP contribution in [-0.2, 0) is 15.1 Å². The molecule has 0 saturated carbocycles. The van der Waals surface area contributed by atoms with E-state index in [1.807, 2.05) is 6.92 Å². The average molecular weight is 231 g/mol. The van der Waals surface area contributed by atoms with E-state index in [-0.39, 0.29) is 6.15 Å². The van der Waals surface area contributed by atoms with Crippen LogP contribution >= 0.6 is 0 Å². The first-order valence-electron chi connectivity index (χ1n) is 3.41. The van der Waals surface area contributed by atoms with E-state index in [0.717, 1.165) is 0 Å². The topological polar surface area (TPSA) is 139 Å². The normalized spacial score (nSPS) is 11.7. The Morgan fingerprint density at radius 1 is 1.50 bits per heavy atom. The molecule has 88 valence electrons. The summed E-state index contributed by atoms with van der Waals surface area (Å²) in [6.07, 6.45) is 1.63. The van der Waals surface area contributed by atoms with Crippen molar-refractivity contribution in [1.82, 2.24) is 6.15 Å². The van der Waals surface area contributed by atoms with Gasteiger partial charge >= 0.3 is 10.4 Å². The van der Waals surface area contributed by atoms with Gasteiger partial charge in [-0.1, -0.05) is 13.0 Å². The number of hydrogen-bond donors (Lipinski definition) is 4. The van der Waals surface area contributed by atoms with Crippen LogP contribution in [0.25, 0.3) is 0 Å². The van der Waals surface area contributed by atoms with Crippen LogP contribution in [0.1, 0.15) is 13.3 Å². The Kier molecular flexibility index (Phi) is 14.4. The summed E-state index contributed by atoms with van der Waals surface area (Å²) in [7, 11) is -4.67. The van der Waals surface area contributed by atoms with Gasteiger partial charge < -0.3 is 16.0 Å².